The molecule has 0 saturated carbocycles. The largest absolute Gasteiger partial charge is 0.329 e. The first-order chi connectivity index (χ1) is 17.1. The summed E-state index contributed by atoms with van der Waals surface area (Å²) in [4.78, 5) is 26.8. The van der Waals surface area contributed by atoms with Gasteiger partial charge in [-0.1, -0.05) is 24.3 Å². The average Bonchev–Trinajstić information content (AvgIpc) is 3.58. The van der Waals surface area contributed by atoms with Gasteiger partial charge in [-0.3, -0.25) is 9.59 Å². The molecule has 2 aromatic heterocycles. The molecule has 0 unspecified atom stereocenters. The van der Waals surface area contributed by atoms with Crippen LogP contribution in [0.3, 0.4) is 0 Å². The highest BCUT2D eigenvalue weighted by Gasteiger charge is 2.23. The lowest BCUT2D eigenvalue weighted by Crippen LogP contribution is -1.92. The maximum atomic E-state index is 10.9. The van der Waals surface area contributed by atoms with Crippen LogP contribution in [0.15, 0.2) is 60.7 Å². The van der Waals surface area contributed by atoms with Crippen LogP contribution in [0.5, 0.6) is 0 Å². The summed E-state index contributed by atoms with van der Waals surface area (Å²) >= 11 is 3.62. The van der Waals surface area contributed by atoms with Crippen molar-refractivity contribution in [3.8, 4) is 20.9 Å². The zero-order chi connectivity index (χ0) is 24.4. The smallest absolute Gasteiger partial charge is 0.211 e. The van der Waals surface area contributed by atoms with Gasteiger partial charge in [0.05, 0.1) is 0 Å². The molecule has 176 valence electrons. The SMILES string of the molecule is Cc1sc(-c2cccc(NC=O)c2)cc1C1=C(c2cc(-c3cccc(NC=O)c3)sc2C)CCC1. The van der Waals surface area contributed by atoms with Crippen molar-refractivity contribution in [3.63, 3.8) is 0 Å². The molecule has 0 fully saturated rings. The Morgan fingerprint density at radius 1 is 0.686 bits per heavy atom. The summed E-state index contributed by atoms with van der Waals surface area (Å²) in [5.41, 5.74) is 9.45. The fourth-order valence-corrected chi connectivity index (χ4v) is 6.93. The molecule has 0 saturated heterocycles. The number of hydrogen-bond acceptors (Lipinski definition) is 4. The first-order valence-corrected chi connectivity index (χ1v) is 13.3. The van der Waals surface area contributed by atoms with Crippen molar-refractivity contribution in [3.05, 3.63) is 81.5 Å². The van der Waals surface area contributed by atoms with Crippen molar-refractivity contribution in [1.82, 2.24) is 0 Å². The minimum absolute atomic E-state index is 0.715. The van der Waals surface area contributed by atoms with Crippen molar-refractivity contribution >= 4 is 58.0 Å². The number of nitrogens with one attached hydrogen (secondary N) is 2. The van der Waals surface area contributed by atoms with Crippen molar-refractivity contribution < 1.29 is 9.59 Å². The van der Waals surface area contributed by atoms with Crippen LogP contribution in [0, 0.1) is 13.8 Å². The quantitative estimate of drug-likeness (QED) is 0.242. The molecule has 0 spiro atoms. The summed E-state index contributed by atoms with van der Waals surface area (Å²) in [6.07, 6.45) is 4.76. The van der Waals surface area contributed by atoms with Crippen LogP contribution in [0.4, 0.5) is 11.4 Å². The highest BCUT2D eigenvalue weighted by Crippen LogP contribution is 2.47. The molecule has 4 nitrogen and oxygen atoms in total. The van der Waals surface area contributed by atoms with E-state index in [-0.39, 0.29) is 0 Å². The van der Waals surface area contributed by atoms with E-state index in [1.54, 1.807) is 0 Å². The third-order valence-electron chi connectivity index (χ3n) is 6.45. The number of rotatable bonds is 8. The second-order valence-electron chi connectivity index (χ2n) is 8.66. The van der Waals surface area contributed by atoms with Crippen molar-refractivity contribution in [2.24, 2.45) is 0 Å². The van der Waals surface area contributed by atoms with Crippen LogP contribution in [-0.4, -0.2) is 12.8 Å². The summed E-state index contributed by atoms with van der Waals surface area (Å²) in [6, 6.07) is 20.6. The molecule has 35 heavy (non-hydrogen) atoms. The van der Waals surface area contributed by atoms with Crippen molar-refractivity contribution in [1.29, 1.82) is 0 Å². The molecule has 5 rings (SSSR count). The Balaban J connectivity index is 1.52. The number of hydrogen-bond donors (Lipinski definition) is 2. The number of amides is 2. The van der Waals surface area contributed by atoms with E-state index >= 15 is 0 Å². The highest BCUT2D eigenvalue weighted by molar-refractivity contribution is 7.16. The molecular formula is C29H26N2O2S2. The maximum Gasteiger partial charge on any atom is 0.211 e. The predicted octanol–water partition coefficient (Wildman–Crippen LogP) is 7.99. The molecule has 0 bridgehead atoms. The third-order valence-corrected chi connectivity index (χ3v) is 8.65. The Morgan fingerprint density at radius 2 is 1.14 bits per heavy atom. The monoisotopic (exact) mass is 498 g/mol. The van der Waals surface area contributed by atoms with Crippen LogP contribution in [0.1, 0.15) is 40.1 Å². The van der Waals surface area contributed by atoms with Crippen LogP contribution in [0.25, 0.3) is 32.0 Å². The van der Waals surface area contributed by atoms with Gasteiger partial charge in [0.25, 0.3) is 0 Å². The number of carbonyl (C=O) groups is 2. The Labute approximate surface area is 213 Å². The van der Waals surface area contributed by atoms with E-state index < -0.39 is 0 Å². The lowest BCUT2D eigenvalue weighted by Gasteiger charge is -2.07. The Bertz CT molecular complexity index is 1340. The predicted molar refractivity (Wildman–Crippen MR) is 149 cm³/mol. The van der Waals surface area contributed by atoms with Crippen LogP contribution in [0.2, 0.25) is 0 Å². The number of benzene rings is 2. The van der Waals surface area contributed by atoms with Gasteiger partial charge < -0.3 is 10.6 Å². The molecule has 2 N–H and O–H groups in total. The van der Waals surface area contributed by atoms with E-state index in [0.29, 0.717) is 12.8 Å². The molecule has 2 heterocycles. The third kappa shape index (κ3) is 4.72. The molecule has 0 atom stereocenters. The van der Waals surface area contributed by atoms with Gasteiger partial charge in [0, 0.05) is 30.9 Å². The molecule has 2 aromatic carbocycles. The van der Waals surface area contributed by atoms with Crippen LogP contribution >= 0.6 is 22.7 Å². The molecule has 0 radical (unpaired) electrons. The topological polar surface area (TPSA) is 58.2 Å². The molecule has 4 aromatic rings. The number of allylic oxidation sites excluding steroid dienone is 2. The number of anilines is 2. The van der Waals surface area contributed by atoms with Crippen LogP contribution < -0.4 is 10.6 Å². The summed E-state index contributed by atoms with van der Waals surface area (Å²) in [6.45, 7) is 4.41. The molecule has 0 aliphatic heterocycles. The lowest BCUT2D eigenvalue weighted by molar-refractivity contribution is -0.106. The molecule has 1 aliphatic rings. The number of aryl methyl sites for hydroxylation is 2. The normalized spacial score (nSPS) is 13.2. The first-order valence-electron chi connectivity index (χ1n) is 11.6. The Kier molecular flexibility index (Phi) is 6.66. The fraction of sp³-hybridized carbons (Fsp3) is 0.172. The Hall–Kier alpha value is -3.48. The second-order valence-corrected chi connectivity index (χ2v) is 11.2. The zero-order valence-electron chi connectivity index (χ0n) is 19.7. The average molecular weight is 499 g/mol. The molecular weight excluding hydrogens is 472 g/mol. The van der Waals surface area contributed by atoms with E-state index in [1.165, 1.54) is 41.8 Å². The van der Waals surface area contributed by atoms with Gasteiger partial charge in [0.15, 0.2) is 0 Å². The minimum Gasteiger partial charge on any atom is -0.329 e. The molecule has 1 aliphatic carbocycles. The van der Waals surface area contributed by atoms with Gasteiger partial charge in [-0.25, -0.2) is 0 Å². The maximum absolute atomic E-state index is 10.9. The summed E-state index contributed by atoms with van der Waals surface area (Å²) in [5, 5.41) is 5.50. The Morgan fingerprint density at radius 3 is 1.57 bits per heavy atom. The standard InChI is InChI=1S/C29H26N2O2S2/c1-18-26(14-28(34-18)20-6-3-8-22(12-20)30-16-32)24-10-5-11-25(24)27-15-29(35-19(27)2)21-7-4-9-23(13-21)31-17-33/h3-4,6-9,12-17H,5,10-11H2,1-2H3,(H,30,32)(H,31,33). The van der Waals surface area contributed by atoms with Crippen molar-refractivity contribution in [2.45, 2.75) is 33.1 Å². The second kappa shape index (κ2) is 10.0. The highest BCUT2D eigenvalue weighted by atomic mass is 32.1. The van der Waals surface area contributed by atoms with Crippen LogP contribution in [-0.2, 0) is 9.59 Å². The van der Waals surface area contributed by atoms with Gasteiger partial charge in [0.2, 0.25) is 12.8 Å². The van der Waals surface area contributed by atoms with Gasteiger partial charge >= 0.3 is 0 Å². The van der Waals surface area contributed by atoms with Gasteiger partial charge in [0.1, 0.15) is 0 Å². The minimum atomic E-state index is 0.715. The van der Waals surface area contributed by atoms with Gasteiger partial charge in [-0.2, -0.15) is 0 Å². The van der Waals surface area contributed by atoms with Gasteiger partial charge in [-0.05, 0) is 103 Å². The van der Waals surface area contributed by atoms with E-state index in [4.69, 9.17) is 0 Å². The van der Waals surface area contributed by atoms with E-state index in [0.717, 1.165) is 41.8 Å². The van der Waals surface area contributed by atoms with Gasteiger partial charge in [-0.15, -0.1) is 22.7 Å². The molecule has 6 heteroatoms. The van der Waals surface area contributed by atoms with E-state index in [2.05, 4.69) is 48.7 Å². The summed E-state index contributed by atoms with van der Waals surface area (Å²) < 4.78 is 0. The zero-order valence-corrected chi connectivity index (χ0v) is 21.3. The fourth-order valence-electron chi connectivity index (χ4n) is 4.85. The van der Waals surface area contributed by atoms with E-state index in [9.17, 15) is 9.59 Å². The number of carbonyl (C=O) groups excluding carboxylic acids is 2. The van der Waals surface area contributed by atoms with Crippen molar-refractivity contribution in [2.75, 3.05) is 10.6 Å². The lowest BCUT2D eigenvalue weighted by atomic mass is 9.96. The number of thiophene rings is 2. The summed E-state index contributed by atoms with van der Waals surface area (Å²) in [7, 11) is 0. The van der Waals surface area contributed by atoms with E-state index in [1.807, 2.05) is 59.1 Å². The summed E-state index contributed by atoms with van der Waals surface area (Å²) in [5.74, 6) is 0. The molecule has 2 amide bonds. The first kappa shape index (κ1) is 23.3.